The number of thiophene rings is 1. The van der Waals surface area contributed by atoms with Gasteiger partial charge in [0.05, 0.1) is 10.9 Å². The second-order valence-electron chi connectivity index (χ2n) is 4.59. The van der Waals surface area contributed by atoms with Crippen molar-refractivity contribution >= 4 is 34.1 Å². The van der Waals surface area contributed by atoms with E-state index < -0.39 is 5.97 Å². The maximum Gasteiger partial charge on any atom is 0.346 e. The SMILES string of the molecule is Cc1cc(NC(=O)C2CC(=O)N(C)C2)sc1C(=O)O. The number of likely N-dealkylation sites (tertiary alicyclic amines) is 1. The van der Waals surface area contributed by atoms with Crippen LogP contribution in [0.4, 0.5) is 5.00 Å². The van der Waals surface area contributed by atoms with Crippen LogP contribution in [0.25, 0.3) is 0 Å². The molecule has 6 nitrogen and oxygen atoms in total. The van der Waals surface area contributed by atoms with Gasteiger partial charge >= 0.3 is 5.97 Å². The second kappa shape index (κ2) is 5.00. The zero-order valence-electron chi connectivity index (χ0n) is 10.6. The van der Waals surface area contributed by atoms with Gasteiger partial charge in [0.25, 0.3) is 0 Å². The lowest BCUT2D eigenvalue weighted by atomic mass is 10.1. The summed E-state index contributed by atoms with van der Waals surface area (Å²) in [6.45, 7) is 2.09. The topological polar surface area (TPSA) is 86.7 Å². The minimum absolute atomic E-state index is 0.0475. The maximum absolute atomic E-state index is 12.0. The molecule has 0 spiro atoms. The molecule has 0 radical (unpaired) electrons. The number of rotatable bonds is 3. The number of nitrogens with one attached hydrogen (secondary N) is 1. The van der Waals surface area contributed by atoms with Gasteiger partial charge in [-0.2, -0.15) is 0 Å². The Morgan fingerprint density at radius 1 is 1.53 bits per heavy atom. The van der Waals surface area contributed by atoms with E-state index in [1.54, 1.807) is 20.0 Å². The van der Waals surface area contributed by atoms with Crippen molar-refractivity contribution in [1.82, 2.24) is 4.90 Å². The van der Waals surface area contributed by atoms with E-state index in [0.717, 1.165) is 11.3 Å². The first-order valence-corrected chi connectivity index (χ1v) is 6.58. The molecule has 1 unspecified atom stereocenters. The van der Waals surface area contributed by atoms with Gasteiger partial charge in [-0.3, -0.25) is 9.59 Å². The summed E-state index contributed by atoms with van der Waals surface area (Å²) in [5.41, 5.74) is 0.618. The Hall–Kier alpha value is -1.89. The monoisotopic (exact) mass is 282 g/mol. The van der Waals surface area contributed by atoms with E-state index in [-0.39, 0.29) is 29.0 Å². The predicted octanol–water partition coefficient (Wildman–Crippen LogP) is 1.17. The quantitative estimate of drug-likeness (QED) is 0.871. The fourth-order valence-electron chi connectivity index (χ4n) is 2.02. The number of carboxylic acid groups (broad SMARTS) is 1. The van der Waals surface area contributed by atoms with Gasteiger partial charge in [0, 0.05) is 20.0 Å². The third-order valence-corrected chi connectivity index (χ3v) is 4.21. The molecule has 1 aromatic heterocycles. The van der Waals surface area contributed by atoms with Gasteiger partial charge < -0.3 is 15.3 Å². The molecular weight excluding hydrogens is 268 g/mol. The first kappa shape index (κ1) is 13.5. The molecule has 2 amide bonds. The lowest BCUT2D eigenvalue weighted by molar-refractivity contribution is -0.127. The van der Waals surface area contributed by atoms with Crippen LogP contribution in [0, 0.1) is 12.8 Å². The van der Waals surface area contributed by atoms with E-state index in [1.807, 2.05) is 0 Å². The molecule has 102 valence electrons. The molecule has 1 aliphatic rings. The Bertz CT molecular complexity index is 552. The van der Waals surface area contributed by atoms with Crippen LogP contribution in [-0.2, 0) is 9.59 Å². The molecule has 7 heteroatoms. The van der Waals surface area contributed by atoms with Crippen molar-refractivity contribution in [2.45, 2.75) is 13.3 Å². The number of hydrogen-bond donors (Lipinski definition) is 2. The molecule has 2 heterocycles. The molecule has 0 aromatic carbocycles. The molecule has 1 saturated heterocycles. The van der Waals surface area contributed by atoms with Crippen molar-refractivity contribution < 1.29 is 19.5 Å². The third kappa shape index (κ3) is 2.76. The van der Waals surface area contributed by atoms with Crippen LogP contribution < -0.4 is 5.32 Å². The van der Waals surface area contributed by atoms with E-state index in [1.165, 1.54) is 4.90 Å². The van der Waals surface area contributed by atoms with Gasteiger partial charge in [0.2, 0.25) is 11.8 Å². The number of aryl methyl sites for hydroxylation is 1. The summed E-state index contributed by atoms with van der Waals surface area (Å²) in [4.78, 5) is 36.0. The van der Waals surface area contributed by atoms with Crippen LogP contribution in [-0.4, -0.2) is 41.4 Å². The zero-order valence-corrected chi connectivity index (χ0v) is 11.4. The second-order valence-corrected chi connectivity index (χ2v) is 5.64. The van der Waals surface area contributed by atoms with Crippen LogP contribution in [0.2, 0.25) is 0 Å². The number of aromatic carboxylic acids is 1. The minimum Gasteiger partial charge on any atom is -0.477 e. The van der Waals surface area contributed by atoms with E-state index in [4.69, 9.17) is 5.11 Å². The van der Waals surface area contributed by atoms with Crippen LogP contribution in [0.1, 0.15) is 21.7 Å². The van der Waals surface area contributed by atoms with Crippen LogP contribution >= 0.6 is 11.3 Å². The van der Waals surface area contributed by atoms with E-state index in [0.29, 0.717) is 17.1 Å². The zero-order chi connectivity index (χ0) is 14.2. The summed E-state index contributed by atoms with van der Waals surface area (Å²) < 4.78 is 0. The number of anilines is 1. The van der Waals surface area contributed by atoms with Gasteiger partial charge in [-0.25, -0.2) is 4.79 Å². The Labute approximate surface area is 114 Å². The summed E-state index contributed by atoms with van der Waals surface area (Å²) in [7, 11) is 1.66. The van der Waals surface area contributed by atoms with Crippen molar-refractivity contribution in [2.75, 3.05) is 18.9 Å². The fourth-order valence-corrected chi connectivity index (χ4v) is 2.93. The highest BCUT2D eigenvalue weighted by molar-refractivity contribution is 7.18. The maximum atomic E-state index is 12.0. The van der Waals surface area contributed by atoms with Crippen molar-refractivity contribution in [3.63, 3.8) is 0 Å². The van der Waals surface area contributed by atoms with Crippen molar-refractivity contribution in [3.8, 4) is 0 Å². The van der Waals surface area contributed by atoms with Crippen molar-refractivity contribution in [2.24, 2.45) is 5.92 Å². The number of carboxylic acids is 1. The first-order valence-electron chi connectivity index (χ1n) is 5.77. The van der Waals surface area contributed by atoms with Crippen LogP contribution in [0.3, 0.4) is 0 Å². The predicted molar refractivity (Wildman–Crippen MR) is 70.4 cm³/mol. The largest absolute Gasteiger partial charge is 0.477 e. The molecule has 2 rings (SSSR count). The highest BCUT2D eigenvalue weighted by Gasteiger charge is 2.32. The Morgan fingerprint density at radius 3 is 2.68 bits per heavy atom. The lowest BCUT2D eigenvalue weighted by Gasteiger charge is -2.09. The van der Waals surface area contributed by atoms with Crippen molar-refractivity contribution in [3.05, 3.63) is 16.5 Å². The molecule has 19 heavy (non-hydrogen) atoms. The number of nitrogens with zero attached hydrogens (tertiary/aromatic N) is 1. The molecule has 1 aromatic rings. The summed E-state index contributed by atoms with van der Waals surface area (Å²) in [6.07, 6.45) is 0.207. The standard InChI is InChI=1S/C12H14N2O4S/c1-6-3-8(19-10(6)12(17)18)13-11(16)7-4-9(15)14(2)5-7/h3,7H,4-5H2,1-2H3,(H,13,16)(H,17,18). The van der Waals surface area contributed by atoms with Gasteiger partial charge in [0.15, 0.2) is 0 Å². The highest BCUT2D eigenvalue weighted by Crippen LogP contribution is 2.27. The van der Waals surface area contributed by atoms with Crippen LogP contribution in [0.15, 0.2) is 6.07 Å². The summed E-state index contributed by atoms with van der Waals surface area (Å²) in [5, 5.41) is 12.1. The molecule has 1 fully saturated rings. The van der Waals surface area contributed by atoms with E-state index in [2.05, 4.69) is 5.32 Å². The number of amides is 2. The number of carbonyl (C=O) groups excluding carboxylic acids is 2. The first-order chi connectivity index (χ1) is 8.88. The molecule has 2 N–H and O–H groups in total. The third-order valence-electron chi connectivity index (χ3n) is 3.07. The van der Waals surface area contributed by atoms with Crippen molar-refractivity contribution in [1.29, 1.82) is 0 Å². The lowest BCUT2D eigenvalue weighted by Crippen LogP contribution is -2.25. The number of hydrogen-bond acceptors (Lipinski definition) is 4. The van der Waals surface area contributed by atoms with Gasteiger partial charge in [0.1, 0.15) is 4.88 Å². The minimum atomic E-state index is -1.00. The normalized spacial score (nSPS) is 18.7. The average molecular weight is 282 g/mol. The fraction of sp³-hybridized carbons (Fsp3) is 0.417. The molecule has 1 aliphatic heterocycles. The van der Waals surface area contributed by atoms with Gasteiger partial charge in [-0.15, -0.1) is 11.3 Å². The molecule has 0 bridgehead atoms. The Morgan fingerprint density at radius 2 is 2.21 bits per heavy atom. The van der Waals surface area contributed by atoms with Gasteiger partial charge in [-0.05, 0) is 18.6 Å². The highest BCUT2D eigenvalue weighted by atomic mass is 32.1. The molecule has 0 saturated carbocycles. The van der Waals surface area contributed by atoms with E-state index >= 15 is 0 Å². The number of carbonyl (C=O) groups is 3. The van der Waals surface area contributed by atoms with E-state index in [9.17, 15) is 14.4 Å². The molecule has 0 aliphatic carbocycles. The summed E-state index contributed by atoms with van der Waals surface area (Å²) in [5.74, 6) is -1.66. The smallest absolute Gasteiger partial charge is 0.346 e. The average Bonchev–Trinajstić information content (AvgIpc) is 2.83. The molecule has 1 atom stereocenters. The van der Waals surface area contributed by atoms with Gasteiger partial charge in [-0.1, -0.05) is 0 Å². The Kier molecular flexibility index (Phi) is 3.57. The molecular formula is C12H14N2O4S. The summed E-state index contributed by atoms with van der Waals surface area (Å²) in [6, 6.07) is 1.63. The van der Waals surface area contributed by atoms with Crippen LogP contribution in [0.5, 0.6) is 0 Å². The Balaban J connectivity index is 2.05. The summed E-state index contributed by atoms with van der Waals surface area (Å²) >= 11 is 1.03.